The minimum absolute atomic E-state index is 0.0793. The maximum absolute atomic E-state index is 12.4. The Kier molecular flexibility index (Phi) is 4.58. The molecule has 0 aliphatic carbocycles. The predicted octanol–water partition coefficient (Wildman–Crippen LogP) is 1.26. The second kappa shape index (κ2) is 6.18. The van der Waals surface area contributed by atoms with Gasteiger partial charge in [-0.15, -0.1) is 11.6 Å². The highest BCUT2D eigenvalue weighted by atomic mass is 35.5. The van der Waals surface area contributed by atoms with Crippen molar-refractivity contribution in [3.63, 3.8) is 0 Å². The van der Waals surface area contributed by atoms with Crippen LogP contribution in [0.1, 0.15) is 15.9 Å². The normalized spacial score (nSPS) is 19.9. The lowest BCUT2D eigenvalue weighted by molar-refractivity contribution is -0.0183. The second-order valence-corrected chi connectivity index (χ2v) is 4.51. The number of rotatable bonds is 3. The van der Waals surface area contributed by atoms with Gasteiger partial charge in [-0.1, -0.05) is 12.1 Å². The average molecular weight is 270 g/mol. The number of benzene rings is 1. The van der Waals surface area contributed by atoms with Crippen molar-refractivity contribution >= 4 is 17.5 Å². The molecule has 2 rings (SSSR count). The van der Waals surface area contributed by atoms with Crippen molar-refractivity contribution in [2.24, 2.45) is 0 Å². The van der Waals surface area contributed by atoms with Crippen LogP contribution in [0.5, 0.6) is 0 Å². The standard InChI is InChI=1S/C13H16ClNO3/c14-7-10-2-1-3-11(6-10)13(17)15-4-5-18-9-12(15)8-16/h1-3,6,12,16H,4-5,7-9H2. The van der Waals surface area contributed by atoms with Gasteiger partial charge in [-0.25, -0.2) is 0 Å². The highest BCUT2D eigenvalue weighted by Gasteiger charge is 2.27. The molecule has 98 valence electrons. The number of amides is 1. The van der Waals surface area contributed by atoms with Crippen molar-refractivity contribution in [3.8, 4) is 0 Å². The first kappa shape index (κ1) is 13.3. The van der Waals surface area contributed by atoms with Crippen LogP contribution < -0.4 is 0 Å². The van der Waals surface area contributed by atoms with Crippen LogP contribution in [0.2, 0.25) is 0 Å². The molecule has 1 heterocycles. The third-order valence-corrected chi connectivity index (χ3v) is 3.34. The average Bonchev–Trinajstić information content (AvgIpc) is 2.46. The monoisotopic (exact) mass is 269 g/mol. The maximum atomic E-state index is 12.4. The van der Waals surface area contributed by atoms with E-state index in [-0.39, 0.29) is 18.6 Å². The number of carbonyl (C=O) groups excluding carboxylic acids is 1. The summed E-state index contributed by atoms with van der Waals surface area (Å²) in [6.07, 6.45) is 0. The lowest BCUT2D eigenvalue weighted by atomic mass is 10.1. The maximum Gasteiger partial charge on any atom is 0.254 e. The fraction of sp³-hybridized carbons (Fsp3) is 0.462. The summed E-state index contributed by atoms with van der Waals surface area (Å²) in [5.74, 6) is 0.303. The largest absolute Gasteiger partial charge is 0.394 e. The number of ether oxygens (including phenoxy) is 1. The van der Waals surface area contributed by atoms with E-state index in [0.717, 1.165) is 5.56 Å². The van der Waals surface area contributed by atoms with E-state index >= 15 is 0 Å². The molecule has 0 bridgehead atoms. The third-order valence-electron chi connectivity index (χ3n) is 3.03. The topological polar surface area (TPSA) is 49.8 Å². The lowest BCUT2D eigenvalue weighted by Gasteiger charge is -2.34. The number of morpholine rings is 1. The van der Waals surface area contributed by atoms with Gasteiger partial charge >= 0.3 is 0 Å². The lowest BCUT2D eigenvalue weighted by Crippen LogP contribution is -2.50. The van der Waals surface area contributed by atoms with Crippen LogP contribution in [0.25, 0.3) is 0 Å². The van der Waals surface area contributed by atoms with Gasteiger partial charge in [0.1, 0.15) is 0 Å². The summed E-state index contributed by atoms with van der Waals surface area (Å²) in [6, 6.07) is 7.00. The molecule has 1 atom stereocenters. The Morgan fingerprint density at radius 3 is 3.11 bits per heavy atom. The Balaban J connectivity index is 2.18. The number of nitrogens with zero attached hydrogens (tertiary/aromatic N) is 1. The number of carbonyl (C=O) groups is 1. The Bertz CT molecular complexity index is 424. The molecular weight excluding hydrogens is 254 g/mol. The summed E-state index contributed by atoms with van der Waals surface area (Å²) in [6.45, 7) is 1.32. The molecular formula is C13H16ClNO3. The highest BCUT2D eigenvalue weighted by molar-refractivity contribution is 6.17. The van der Waals surface area contributed by atoms with Gasteiger partial charge < -0.3 is 14.7 Å². The van der Waals surface area contributed by atoms with Crippen molar-refractivity contribution in [3.05, 3.63) is 35.4 Å². The summed E-state index contributed by atoms with van der Waals surface area (Å²) in [5, 5.41) is 9.26. The molecule has 1 N–H and O–H groups in total. The molecule has 1 aliphatic heterocycles. The molecule has 18 heavy (non-hydrogen) atoms. The first-order valence-corrected chi connectivity index (χ1v) is 6.44. The first-order chi connectivity index (χ1) is 8.76. The molecule has 1 fully saturated rings. The van der Waals surface area contributed by atoms with E-state index in [1.54, 1.807) is 17.0 Å². The van der Waals surface area contributed by atoms with Crippen molar-refractivity contribution in [2.45, 2.75) is 11.9 Å². The zero-order chi connectivity index (χ0) is 13.0. The van der Waals surface area contributed by atoms with Gasteiger partial charge in [0.05, 0.1) is 25.9 Å². The van der Waals surface area contributed by atoms with Crippen molar-refractivity contribution in [2.75, 3.05) is 26.4 Å². The van der Waals surface area contributed by atoms with Gasteiger partial charge in [0, 0.05) is 18.0 Å². The molecule has 1 unspecified atom stereocenters. The number of hydrogen-bond acceptors (Lipinski definition) is 3. The molecule has 0 spiro atoms. The van der Waals surface area contributed by atoms with E-state index in [0.29, 0.717) is 31.2 Å². The van der Waals surface area contributed by atoms with E-state index in [2.05, 4.69) is 0 Å². The second-order valence-electron chi connectivity index (χ2n) is 4.24. The Hall–Kier alpha value is -1.10. The number of hydrogen-bond donors (Lipinski definition) is 1. The molecule has 1 aromatic carbocycles. The van der Waals surface area contributed by atoms with Crippen LogP contribution in [0.4, 0.5) is 0 Å². The van der Waals surface area contributed by atoms with Gasteiger partial charge in [-0.05, 0) is 17.7 Å². The number of alkyl halides is 1. The van der Waals surface area contributed by atoms with Gasteiger partial charge in [-0.3, -0.25) is 4.79 Å². The fourth-order valence-electron chi connectivity index (χ4n) is 2.03. The van der Waals surface area contributed by atoms with Gasteiger partial charge in [-0.2, -0.15) is 0 Å². The molecule has 0 aromatic heterocycles. The zero-order valence-electron chi connectivity index (χ0n) is 10.0. The van der Waals surface area contributed by atoms with Crippen molar-refractivity contribution in [1.82, 2.24) is 4.90 Å². The predicted molar refractivity (Wildman–Crippen MR) is 68.7 cm³/mol. The van der Waals surface area contributed by atoms with E-state index < -0.39 is 0 Å². The minimum Gasteiger partial charge on any atom is -0.394 e. The van der Waals surface area contributed by atoms with Crippen LogP contribution >= 0.6 is 11.6 Å². The van der Waals surface area contributed by atoms with Crippen molar-refractivity contribution < 1.29 is 14.6 Å². The van der Waals surface area contributed by atoms with Crippen LogP contribution in [-0.4, -0.2) is 48.3 Å². The van der Waals surface area contributed by atoms with Gasteiger partial charge in [0.15, 0.2) is 0 Å². The van der Waals surface area contributed by atoms with Crippen LogP contribution in [0.3, 0.4) is 0 Å². The molecule has 5 heteroatoms. The molecule has 1 aliphatic rings. The smallest absolute Gasteiger partial charge is 0.254 e. The molecule has 0 radical (unpaired) electrons. The molecule has 0 saturated carbocycles. The number of aliphatic hydroxyl groups excluding tert-OH is 1. The summed E-state index contributed by atoms with van der Waals surface area (Å²) < 4.78 is 5.26. The number of halogens is 1. The van der Waals surface area contributed by atoms with Gasteiger partial charge in [0.25, 0.3) is 5.91 Å². The molecule has 1 amide bonds. The van der Waals surface area contributed by atoms with Crippen LogP contribution in [0, 0.1) is 0 Å². The van der Waals surface area contributed by atoms with Crippen LogP contribution in [0.15, 0.2) is 24.3 Å². The summed E-state index contributed by atoms with van der Waals surface area (Å²) >= 11 is 5.76. The Morgan fingerprint density at radius 2 is 2.39 bits per heavy atom. The van der Waals surface area contributed by atoms with Crippen LogP contribution in [-0.2, 0) is 10.6 Å². The Labute approximate surface area is 111 Å². The van der Waals surface area contributed by atoms with E-state index in [4.69, 9.17) is 16.3 Å². The molecule has 4 nitrogen and oxygen atoms in total. The fourth-order valence-corrected chi connectivity index (χ4v) is 2.19. The zero-order valence-corrected chi connectivity index (χ0v) is 10.8. The summed E-state index contributed by atoms with van der Waals surface area (Å²) in [7, 11) is 0. The number of aliphatic hydroxyl groups is 1. The highest BCUT2D eigenvalue weighted by Crippen LogP contribution is 2.14. The van der Waals surface area contributed by atoms with Gasteiger partial charge in [0.2, 0.25) is 0 Å². The summed E-state index contributed by atoms with van der Waals surface area (Å²) in [4.78, 5) is 14.0. The minimum atomic E-state index is -0.258. The third kappa shape index (κ3) is 2.83. The Morgan fingerprint density at radius 1 is 1.56 bits per heavy atom. The summed E-state index contributed by atoms with van der Waals surface area (Å²) in [5.41, 5.74) is 1.52. The van der Waals surface area contributed by atoms with E-state index in [1.807, 2.05) is 12.1 Å². The van der Waals surface area contributed by atoms with Crippen molar-refractivity contribution in [1.29, 1.82) is 0 Å². The van der Waals surface area contributed by atoms with E-state index in [1.165, 1.54) is 0 Å². The first-order valence-electron chi connectivity index (χ1n) is 5.90. The molecule has 1 saturated heterocycles. The van der Waals surface area contributed by atoms with E-state index in [9.17, 15) is 9.90 Å². The quantitative estimate of drug-likeness (QED) is 0.841. The molecule has 1 aromatic rings. The SMILES string of the molecule is O=C(c1cccc(CCl)c1)N1CCOCC1CO.